The lowest BCUT2D eigenvalue weighted by Gasteiger charge is -2.12. The number of hydrogen-bond acceptors (Lipinski definition) is 5. The number of hydrogen-bond donors (Lipinski definition) is 3. The minimum Gasteiger partial charge on any atom is -0.455 e. The van der Waals surface area contributed by atoms with E-state index in [9.17, 15) is 18.8 Å². The van der Waals surface area contributed by atoms with Crippen LogP contribution in [0, 0.1) is 18.7 Å². The molecule has 3 aromatic carbocycles. The van der Waals surface area contributed by atoms with Crippen LogP contribution in [-0.4, -0.2) is 38.7 Å². The van der Waals surface area contributed by atoms with Crippen molar-refractivity contribution in [2.45, 2.75) is 12.8 Å². The molecule has 0 spiro atoms. The highest BCUT2D eigenvalue weighted by atomic mass is 19.1. The second-order valence-corrected chi connectivity index (χ2v) is 8.24. The number of furan rings is 1. The Balaban J connectivity index is 0.00000134. The lowest BCUT2D eigenvalue weighted by atomic mass is 9.93. The van der Waals surface area contributed by atoms with Gasteiger partial charge in [0.1, 0.15) is 17.2 Å². The number of aldehydes is 1. The van der Waals surface area contributed by atoms with Gasteiger partial charge in [-0.05, 0) is 78.7 Å². The van der Waals surface area contributed by atoms with Crippen molar-refractivity contribution in [1.82, 2.24) is 10.6 Å². The number of carbonyl (C=O) groups is 3. The molecule has 8 heteroatoms. The Labute approximate surface area is 233 Å². The van der Waals surface area contributed by atoms with Crippen molar-refractivity contribution >= 4 is 29.1 Å². The third-order valence-corrected chi connectivity index (χ3v) is 5.88. The Bertz CT molecular complexity index is 1500. The third-order valence-electron chi connectivity index (χ3n) is 5.88. The van der Waals surface area contributed by atoms with Gasteiger partial charge in [0, 0.05) is 30.1 Å². The second-order valence-electron chi connectivity index (χ2n) is 8.24. The Hall–Kier alpha value is -5.00. The van der Waals surface area contributed by atoms with Crippen LogP contribution in [0.3, 0.4) is 0 Å². The summed E-state index contributed by atoms with van der Waals surface area (Å²) >= 11 is 0. The summed E-state index contributed by atoms with van der Waals surface area (Å²) in [6, 6.07) is 16.3. The highest BCUT2D eigenvalue weighted by Crippen LogP contribution is 2.37. The molecule has 206 valence electrons. The summed E-state index contributed by atoms with van der Waals surface area (Å²) < 4.78 is 19.5. The van der Waals surface area contributed by atoms with Crippen molar-refractivity contribution in [3.8, 4) is 35.3 Å². The van der Waals surface area contributed by atoms with Crippen LogP contribution in [0.5, 0.6) is 0 Å². The fraction of sp³-hybridized carbons (Fsp3) is 0.156. The van der Waals surface area contributed by atoms with Crippen molar-refractivity contribution in [2.24, 2.45) is 5.73 Å². The first-order valence-electron chi connectivity index (χ1n) is 12.4. The number of carbonyl (C=O) groups excluding carboxylic acids is 3. The zero-order valence-corrected chi connectivity index (χ0v) is 22.5. The van der Waals surface area contributed by atoms with E-state index < -0.39 is 5.82 Å². The molecular formula is C32H32FN3O4. The highest BCUT2D eigenvalue weighted by molar-refractivity contribution is 6.05. The van der Waals surface area contributed by atoms with Crippen LogP contribution in [0.25, 0.3) is 33.4 Å². The monoisotopic (exact) mass is 541 g/mol. The van der Waals surface area contributed by atoms with Gasteiger partial charge in [0.15, 0.2) is 6.29 Å². The summed E-state index contributed by atoms with van der Waals surface area (Å²) in [6.07, 6.45) is 11.2. The molecule has 4 N–H and O–H groups in total. The summed E-state index contributed by atoms with van der Waals surface area (Å²) in [7, 11) is 3.05. The number of amides is 2. The molecule has 4 aromatic rings. The molecule has 1 heterocycles. The Morgan fingerprint density at radius 3 is 2.38 bits per heavy atom. The van der Waals surface area contributed by atoms with Crippen molar-refractivity contribution in [3.05, 3.63) is 95.8 Å². The molecule has 0 saturated heterocycles. The number of halogens is 1. The van der Waals surface area contributed by atoms with E-state index in [4.69, 9.17) is 4.42 Å². The molecule has 0 radical (unpaired) electrons. The topological polar surface area (TPSA) is 114 Å². The molecule has 40 heavy (non-hydrogen) atoms. The maximum atomic E-state index is 13.4. The van der Waals surface area contributed by atoms with E-state index in [1.165, 1.54) is 19.2 Å². The fourth-order valence-electron chi connectivity index (χ4n) is 4.03. The Kier molecular flexibility index (Phi) is 12.0. The number of nitrogens with one attached hydrogen (secondary N) is 2. The number of terminal acetylenes is 1. The van der Waals surface area contributed by atoms with E-state index in [1.54, 1.807) is 55.6 Å². The molecule has 1 aromatic heterocycles. The van der Waals surface area contributed by atoms with Crippen LogP contribution in [0.1, 0.15) is 32.7 Å². The van der Waals surface area contributed by atoms with E-state index in [1.807, 2.05) is 6.07 Å². The molecule has 7 nitrogen and oxygen atoms in total. The minimum atomic E-state index is -0.397. The van der Waals surface area contributed by atoms with E-state index in [0.717, 1.165) is 0 Å². The summed E-state index contributed by atoms with van der Waals surface area (Å²) in [5, 5.41) is 6.03. The summed E-state index contributed by atoms with van der Waals surface area (Å²) in [5.41, 5.74) is 8.36. The minimum absolute atomic E-state index is 0.0700. The van der Waals surface area contributed by atoms with Crippen LogP contribution in [0.15, 0.2) is 77.7 Å². The number of likely N-dealkylation sites (N-methyl/N-ethyl adjacent to an activating group) is 1. The second kappa shape index (κ2) is 15.4. The average molecular weight is 542 g/mol. The van der Waals surface area contributed by atoms with Gasteiger partial charge in [-0.15, -0.1) is 19.4 Å². The van der Waals surface area contributed by atoms with Gasteiger partial charge < -0.3 is 20.8 Å². The van der Waals surface area contributed by atoms with Crippen molar-refractivity contribution in [1.29, 1.82) is 0 Å². The van der Waals surface area contributed by atoms with Crippen molar-refractivity contribution < 1.29 is 23.2 Å². The number of benzene rings is 3. The van der Waals surface area contributed by atoms with Gasteiger partial charge in [-0.2, -0.15) is 0 Å². The van der Waals surface area contributed by atoms with Gasteiger partial charge in [-0.25, -0.2) is 4.39 Å². The molecule has 2 amide bonds. The highest BCUT2D eigenvalue weighted by Gasteiger charge is 2.20. The molecule has 0 aliphatic rings. The first-order valence-corrected chi connectivity index (χ1v) is 12.4. The Morgan fingerprint density at radius 1 is 1.05 bits per heavy atom. The smallest absolute Gasteiger partial charge is 0.251 e. The molecule has 0 atom stereocenters. The SMILES string of the molecule is C#C.C=CCCNC(=O)c1cccc(-c2cc3c(C=O)c(-c4ccc(F)cc4)oc3cc2CC(=O)NC)c1.CN. The molecule has 0 aliphatic carbocycles. The third kappa shape index (κ3) is 7.31. The fourth-order valence-corrected chi connectivity index (χ4v) is 4.03. The first kappa shape index (κ1) is 31.2. The summed E-state index contributed by atoms with van der Waals surface area (Å²) in [6.45, 7) is 4.13. The molecular weight excluding hydrogens is 509 g/mol. The van der Waals surface area contributed by atoms with Crippen LogP contribution in [0.4, 0.5) is 4.39 Å². The van der Waals surface area contributed by atoms with Gasteiger partial charge in [0.25, 0.3) is 5.91 Å². The lowest BCUT2D eigenvalue weighted by molar-refractivity contribution is -0.119. The maximum Gasteiger partial charge on any atom is 0.251 e. The summed E-state index contributed by atoms with van der Waals surface area (Å²) in [5.74, 6) is -0.498. The Morgan fingerprint density at radius 2 is 1.75 bits per heavy atom. The predicted molar refractivity (Wildman–Crippen MR) is 157 cm³/mol. The molecule has 4 rings (SSSR count). The lowest BCUT2D eigenvalue weighted by Crippen LogP contribution is -2.24. The van der Waals surface area contributed by atoms with Gasteiger partial charge in [-0.3, -0.25) is 14.4 Å². The molecule has 0 bridgehead atoms. The maximum absolute atomic E-state index is 13.4. The van der Waals surface area contributed by atoms with Crippen LogP contribution in [0.2, 0.25) is 0 Å². The predicted octanol–water partition coefficient (Wildman–Crippen LogP) is 5.14. The number of nitrogens with two attached hydrogens (primary N) is 1. The first-order chi connectivity index (χ1) is 19.4. The van der Waals surface area contributed by atoms with Gasteiger partial charge in [0.05, 0.1) is 12.0 Å². The van der Waals surface area contributed by atoms with E-state index >= 15 is 0 Å². The quantitative estimate of drug-likeness (QED) is 0.118. The van der Waals surface area contributed by atoms with Gasteiger partial charge in [-0.1, -0.05) is 18.2 Å². The van der Waals surface area contributed by atoms with Crippen molar-refractivity contribution in [2.75, 3.05) is 20.6 Å². The summed E-state index contributed by atoms with van der Waals surface area (Å²) in [4.78, 5) is 37.0. The molecule has 0 unspecified atom stereocenters. The zero-order valence-electron chi connectivity index (χ0n) is 22.5. The van der Waals surface area contributed by atoms with Gasteiger partial charge in [0.2, 0.25) is 5.91 Å². The van der Waals surface area contributed by atoms with Crippen molar-refractivity contribution in [3.63, 3.8) is 0 Å². The molecule has 0 fully saturated rings. The standard InChI is InChI=1S/C29H25FN2O4.C2H2.CH5N/c1-3-4-12-32-29(35)20-7-5-6-19(13-20)23-16-24-25(17-33)28(18-8-10-22(30)11-9-18)36-26(24)14-21(23)15-27(34)31-2;2*1-2/h3,5-11,13-14,16-17H,1,4,12,15H2,2H3,(H,31,34)(H,32,35);1-2H;2H2,1H3. The van der Waals surface area contributed by atoms with Crippen LogP contribution < -0.4 is 16.4 Å². The zero-order chi connectivity index (χ0) is 29.7. The van der Waals surface area contributed by atoms with Gasteiger partial charge >= 0.3 is 0 Å². The van der Waals surface area contributed by atoms with E-state index in [2.05, 4.69) is 35.8 Å². The number of fused-ring (bicyclic) bond motifs is 1. The molecule has 0 aliphatic heterocycles. The normalized spacial score (nSPS) is 9.85. The largest absolute Gasteiger partial charge is 0.455 e. The molecule has 0 saturated carbocycles. The van der Waals surface area contributed by atoms with Crippen LogP contribution >= 0.6 is 0 Å². The van der Waals surface area contributed by atoms with Crippen LogP contribution in [-0.2, 0) is 11.2 Å². The van der Waals surface area contributed by atoms with E-state index in [-0.39, 0.29) is 18.2 Å². The van der Waals surface area contributed by atoms with E-state index in [0.29, 0.717) is 69.4 Å². The average Bonchev–Trinajstić information content (AvgIpc) is 3.36. The number of rotatable bonds is 9.